The molecule has 1 N–H and O–H groups in total. The van der Waals surface area contributed by atoms with Gasteiger partial charge in [-0.3, -0.25) is 4.79 Å². The quantitative estimate of drug-likeness (QED) is 0.628. The van der Waals surface area contributed by atoms with Crippen molar-refractivity contribution in [3.63, 3.8) is 0 Å². The lowest BCUT2D eigenvalue weighted by Crippen LogP contribution is -2.14. The number of aromatic nitrogens is 2. The van der Waals surface area contributed by atoms with Crippen LogP contribution in [0.1, 0.15) is 17.0 Å². The summed E-state index contributed by atoms with van der Waals surface area (Å²) in [7, 11) is 1.62. The van der Waals surface area contributed by atoms with Crippen LogP contribution in [-0.2, 0) is 11.2 Å². The van der Waals surface area contributed by atoms with Gasteiger partial charge in [0.05, 0.1) is 30.9 Å². The summed E-state index contributed by atoms with van der Waals surface area (Å²) in [5, 5.41) is 19.9. The van der Waals surface area contributed by atoms with Gasteiger partial charge in [-0.25, -0.2) is 0 Å². The van der Waals surface area contributed by atoms with Crippen molar-refractivity contribution in [1.29, 1.82) is 5.26 Å². The molecule has 0 aliphatic rings. The van der Waals surface area contributed by atoms with E-state index in [2.05, 4.69) is 15.5 Å². The second-order valence-corrected chi connectivity index (χ2v) is 6.44. The maximum absolute atomic E-state index is 12.0. The third-order valence-corrected chi connectivity index (χ3v) is 4.38. The number of amides is 1. The van der Waals surface area contributed by atoms with Crippen LogP contribution in [0, 0.1) is 11.3 Å². The van der Waals surface area contributed by atoms with Gasteiger partial charge in [0, 0.05) is 5.69 Å². The minimum Gasteiger partial charge on any atom is -0.497 e. The second-order valence-electron chi connectivity index (χ2n) is 5.52. The number of ether oxygens (including phenoxy) is 1. The Bertz CT molecular complexity index is 964. The van der Waals surface area contributed by atoms with E-state index in [0.717, 1.165) is 23.1 Å². The first kappa shape index (κ1) is 18.5. The highest BCUT2D eigenvalue weighted by Gasteiger charge is 2.11. The predicted molar refractivity (Wildman–Crippen MR) is 101 cm³/mol. The van der Waals surface area contributed by atoms with Gasteiger partial charge in [-0.15, -0.1) is 10.2 Å². The van der Waals surface area contributed by atoms with Gasteiger partial charge in [0.1, 0.15) is 5.75 Å². The first-order valence-corrected chi connectivity index (χ1v) is 9.03. The predicted octanol–water partition coefficient (Wildman–Crippen LogP) is 3.27. The average molecular weight is 380 g/mol. The number of thioether (sulfide) groups is 1. The van der Waals surface area contributed by atoms with Gasteiger partial charge < -0.3 is 14.5 Å². The lowest BCUT2D eigenvalue weighted by molar-refractivity contribution is -0.113. The summed E-state index contributed by atoms with van der Waals surface area (Å²) in [6.07, 6.45) is 0.505. The maximum Gasteiger partial charge on any atom is 0.277 e. The molecule has 0 unspecified atom stereocenters. The molecule has 136 valence electrons. The van der Waals surface area contributed by atoms with Crippen LogP contribution < -0.4 is 10.1 Å². The SMILES string of the molecule is COc1ccc(Cc2nnc(SCC(=O)Nc3cccc(C#N)c3)o2)cc1. The molecule has 1 amide bonds. The van der Waals surface area contributed by atoms with Crippen molar-refractivity contribution >= 4 is 23.4 Å². The summed E-state index contributed by atoms with van der Waals surface area (Å²) >= 11 is 1.16. The maximum atomic E-state index is 12.0. The van der Waals surface area contributed by atoms with Crippen molar-refractivity contribution in [2.24, 2.45) is 0 Å². The van der Waals surface area contributed by atoms with Gasteiger partial charge in [0.25, 0.3) is 5.22 Å². The molecule has 0 fully saturated rings. The van der Waals surface area contributed by atoms with E-state index in [-0.39, 0.29) is 11.7 Å². The van der Waals surface area contributed by atoms with Crippen molar-refractivity contribution in [1.82, 2.24) is 10.2 Å². The van der Waals surface area contributed by atoms with Gasteiger partial charge in [-0.2, -0.15) is 5.26 Å². The number of hydrogen-bond acceptors (Lipinski definition) is 7. The summed E-state index contributed by atoms with van der Waals surface area (Å²) in [5.41, 5.74) is 2.08. The smallest absolute Gasteiger partial charge is 0.277 e. The van der Waals surface area contributed by atoms with Crippen LogP contribution in [0.25, 0.3) is 0 Å². The van der Waals surface area contributed by atoms with E-state index in [9.17, 15) is 4.79 Å². The monoisotopic (exact) mass is 380 g/mol. The number of nitrogens with one attached hydrogen (secondary N) is 1. The van der Waals surface area contributed by atoms with Crippen LogP contribution in [0.4, 0.5) is 5.69 Å². The fourth-order valence-electron chi connectivity index (χ4n) is 2.28. The Balaban J connectivity index is 1.51. The lowest BCUT2D eigenvalue weighted by Gasteiger charge is -2.03. The molecule has 0 aliphatic carbocycles. The Morgan fingerprint density at radius 2 is 2.07 bits per heavy atom. The van der Waals surface area contributed by atoms with Crippen LogP contribution in [-0.4, -0.2) is 29.0 Å². The van der Waals surface area contributed by atoms with Crippen molar-refractivity contribution in [2.75, 3.05) is 18.2 Å². The average Bonchev–Trinajstić information content (AvgIpc) is 3.14. The highest BCUT2D eigenvalue weighted by Crippen LogP contribution is 2.19. The molecule has 0 radical (unpaired) electrons. The minimum absolute atomic E-state index is 0.126. The number of benzene rings is 2. The fourth-order valence-corrected chi connectivity index (χ4v) is 2.86. The van der Waals surface area contributed by atoms with E-state index >= 15 is 0 Å². The summed E-state index contributed by atoms with van der Waals surface area (Å²) in [4.78, 5) is 12.0. The van der Waals surface area contributed by atoms with Gasteiger partial charge >= 0.3 is 0 Å². The Kier molecular flexibility index (Phi) is 6.07. The van der Waals surface area contributed by atoms with Crippen LogP contribution >= 0.6 is 11.8 Å². The molecule has 8 heteroatoms. The minimum atomic E-state index is -0.218. The molecule has 0 atom stereocenters. The molecule has 1 heterocycles. The standard InChI is InChI=1S/C19H16N4O3S/c1-25-16-7-5-13(6-8-16)10-18-22-23-19(26-18)27-12-17(24)21-15-4-2-3-14(9-15)11-20/h2-9H,10,12H2,1H3,(H,21,24). The fraction of sp³-hybridized carbons (Fsp3) is 0.158. The van der Waals surface area contributed by atoms with Crippen molar-refractivity contribution in [3.05, 3.63) is 65.5 Å². The molecule has 2 aromatic carbocycles. The summed E-state index contributed by atoms with van der Waals surface area (Å²) in [5.74, 6) is 1.17. The zero-order valence-corrected chi connectivity index (χ0v) is 15.3. The Morgan fingerprint density at radius 1 is 1.26 bits per heavy atom. The van der Waals surface area contributed by atoms with Crippen molar-refractivity contribution in [3.8, 4) is 11.8 Å². The zero-order chi connectivity index (χ0) is 19.1. The second kappa shape index (κ2) is 8.87. The van der Waals surface area contributed by atoms with Gasteiger partial charge in [0.15, 0.2) is 0 Å². The van der Waals surface area contributed by atoms with E-state index in [1.54, 1.807) is 31.4 Å². The van der Waals surface area contributed by atoms with Gasteiger partial charge in [-0.05, 0) is 35.9 Å². The molecule has 0 aliphatic heterocycles. The van der Waals surface area contributed by atoms with E-state index in [1.165, 1.54) is 0 Å². The summed E-state index contributed by atoms with van der Waals surface area (Å²) < 4.78 is 10.7. The Hall–Kier alpha value is -3.31. The molecule has 3 rings (SSSR count). The lowest BCUT2D eigenvalue weighted by atomic mass is 10.1. The first-order chi connectivity index (χ1) is 13.2. The van der Waals surface area contributed by atoms with Crippen LogP contribution in [0.15, 0.2) is 58.2 Å². The largest absolute Gasteiger partial charge is 0.497 e. The van der Waals surface area contributed by atoms with Crippen molar-refractivity contribution < 1.29 is 13.9 Å². The molecule has 27 heavy (non-hydrogen) atoms. The third-order valence-electron chi connectivity index (χ3n) is 3.56. The first-order valence-electron chi connectivity index (χ1n) is 8.04. The Morgan fingerprint density at radius 3 is 2.81 bits per heavy atom. The highest BCUT2D eigenvalue weighted by atomic mass is 32.2. The topological polar surface area (TPSA) is 101 Å². The zero-order valence-electron chi connectivity index (χ0n) is 14.5. The number of anilines is 1. The van der Waals surface area contributed by atoms with Gasteiger partial charge in [-0.1, -0.05) is 30.0 Å². The van der Waals surface area contributed by atoms with Crippen LogP contribution in [0.5, 0.6) is 5.75 Å². The third kappa shape index (κ3) is 5.33. The van der Waals surface area contributed by atoms with Crippen LogP contribution in [0.3, 0.4) is 0 Å². The normalized spacial score (nSPS) is 10.2. The van der Waals surface area contributed by atoms with Crippen LogP contribution in [0.2, 0.25) is 0 Å². The van der Waals surface area contributed by atoms with E-state index in [1.807, 2.05) is 30.3 Å². The highest BCUT2D eigenvalue weighted by molar-refractivity contribution is 7.99. The van der Waals surface area contributed by atoms with E-state index < -0.39 is 0 Å². The number of nitriles is 1. The molecule has 0 spiro atoms. The molecule has 0 bridgehead atoms. The molecule has 1 aromatic heterocycles. The number of methoxy groups -OCH3 is 1. The van der Waals surface area contributed by atoms with E-state index in [0.29, 0.717) is 28.8 Å². The molecule has 7 nitrogen and oxygen atoms in total. The number of rotatable bonds is 7. The molecular formula is C19H16N4O3S. The number of carbonyl (C=O) groups is 1. The number of nitrogens with zero attached hydrogens (tertiary/aromatic N) is 3. The molecular weight excluding hydrogens is 364 g/mol. The Labute approximate surface area is 160 Å². The van der Waals surface area contributed by atoms with E-state index in [4.69, 9.17) is 14.4 Å². The van der Waals surface area contributed by atoms with Crippen molar-refractivity contribution in [2.45, 2.75) is 11.6 Å². The van der Waals surface area contributed by atoms with Gasteiger partial charge in [0.2, 0.25) is 11.8 Å². The summed E-state index contributed by atoms with van der Waals surface area (Å²) in [6, 6.07) is 16.4. The summed E-state index contributed by atoms with van der Waals surface area (Å²) in [6.45, 7) is 0. The number of hydrogen-bond donors (Lipinski definition) is 1. The number of carbonyl (C=O) groups excluding carboxylic acids is 1. The molecule has 0 saturated carbocycles. The molecule has 0 saturated heterocycles. The molecule has 3 aromatic rings.